The smallest absolute Gasteiger partial charge is 0.123 e. The minimum Gasteiger partial charge on any atom is -0.494 e. The summed E-state index contributed by atoms with van der Waals surface area (Å²) < 4.78 is 5.52. The average molecular weight is 250 g/mol. The predicted molar refractivity (Wildman–Crippen MR) is 74.0 cm³/mol. The fourth-order valence-electron chi connectivity index (χ4n) is 2.49. The number of benzene rings is 1. The lowest BCUT2D eigenvalue weighted by Gasteiger charge is -2.34. The molecule has 100 valence electrons. The summed E-state index contributed by atoms with van der Waals surface area (Å²) in [6, 6.07) is 5.85. The van der Waals surface area contributed by atoms with Crippen molar-refractivity contribution in [2.75, 3.05) is 36.9 Å². The molecule has 0 aromatic heterocycles. The Morgan fingerprint density at radius 3 is 3.00 bits per heavy atom. The molecule has 0 aliphatic carbocycles. The highest BCUT2D eigenvalue weighted by molar-refractivity contribution is 5.60. The molecule has 3 N–H and O–H groups in total. The molecular formula is C14H22N2O2. The molecule has 18 heavy (non-hydrogen) atoms. The van der Waals surface area contributed by atoms with Crippen molar-refractivity contribution in [3.8, 4) is 5.75 Å². The van der Waals surface area contributed by atoms with Gasteiger partial charge in [0.2, 0.25) is 0 Å². The molecule has 2 rings (SSSR count). The van der Waals surface area contributed by atoms with Crippen LogP contribution in [0.2, 0.25) is 0 Å². The number of nitrogen functional groups attached to an aromatic ring is 1. The molecule has 1 aromatic carbocycles. The van der Waals surface area contributed by atoms with Crippen LogP contribution in [0.5, 0.6) is 5.75 Å². The van der Waals surface area contributed by atoms with E-state index in [1.54, 1.807) is 0 Å². The number of hydrogen-bond acceptors (Lipinski definition) is 4. The largest absolute Gasteiger partial charge is 0.494 e. The molecular weight excluding hydrogens is 228 g/mol. The van der Waals surface area contributed by atoms with Crippen LogP contribution in [0.4, 0.5) is 11.4 Å². The zero-order chi connectivity index (χ0) is 13.0. The Hall–Kier alpha value is -1.42. The number of hydrogen-bond donors (Lipinski definition) is 2. The van der Waals surface area contributed by atoms with E-state index in [4.69, 9.17) is 10.5 Å². The van der Waals surface area contributed by atoms with Crippen molar-refractivity contribution >= 4 is 11.4 Å². The standard InChI is InChI=1S/C14H22N2O2/c1-2-18-14-7-12(15)6-13(8-14)16-5-3-4-11(9-16)10-17/h6-8,11,17H,2-5,9-10,15H2,1H3. The molecule has 1 aliphatic heterocycles. The Kier molecular flexibility index (Phi) is 4.31. The first kappa shape index (κ1) is 13.0. The normalized spacial score (nSPS) is 19.9. The van der Waals surface area contributed by atoms with Crippen LogP contribution in [0, 0.1) is 5.92 Å². The summed E-state index contributed by atoms with van der Waals surface area (Å²) in [4.78, 5) is 2.28. The second-order valence-corrected chi connectivity index (χ2v) is 4.83. The van der Waals surface area contributed by atoms with E-state index in [0.717, 1.165) is 43.1 Å². The Morgan fingerprint density at radius 2 is 2.28 bits per heavy atom. The number of aliphatic hydroxyl groups excluding tert-OH is 1. The number of nitrogens with two attached hydrogens (primary N) is 1. The third-order valence-electron chi connectivity index (χ3n) is 3.37. The fraction of sp³-hybridized carbons (Fsp3) is 0.571. The molecule has 0 spiro atoms. The van der Waals surface area contributed by atoms with Crippen LogP contribution in [-0.2, 0) is 0 Å². The molecule has 1 aliphatic rings. The van der Waals surface area contributed by atoms with E-state index in [0.29, 0.717) is 12.5 Å². The number of ether oxygens (including phenoxy) is 1. The van der Waals surface area contributed by atoms with Gasteiger partial charge in [0.25, 0.3) is 0 Å². The van der Waals surface area contributed by atoms with Gasteiger partial charge < -0.3 is 20.5 Å². The summed E-state index contributed by atoms with van der Waals surface area (Å²) in [5.74, 6) is 1.19. The quantitative estimate of drug-likeness (QED) is 0.801. The van der Waals surface area contributed by atoms with Crippen molar-refractivity contribution in [2.24, 2.45) is 5.92 Å². The maximum atomic E-state index is 9.27. The summed E-state index contributed by atoms with van der Waals surface area (Å²) in [6.07, 6.45) is 2.22. The van der Waals surface area contributed by atoms with Crippen molar-refractivity contribution in [3.63, 3.8) is 0 Å². The van der Waals surface area contributed by atoms with Crippen molar-refractivity contribution in [2.45, 2.75) is 19.8 Å². The number of piperidine rings is 1. The van der Waals surface area contributed by atoms with E-state index in [-0.39, 0.29) is 6.61 Å². The second kappa shape index (κ2) is 5.96. The molecule has 1 heterocycles. The number of aliphatic hydroxyl groups is 1. The summed E-state index contributed by atoms with van der Waals surface area (Å²) in [5, 5.41) is 9.27. The monoisotopic (exact) mass is 250 g/mol. The van der Waals surface area contributed by atoms with Gasteiger partial charge in [0.05, 0.1) is 6.61 Å². The second-order valence-electron chi connectivity index (χ2n) is 4.83. The first-order chi connectivity index (χ1) is 8.72. The molecule has 4 heteroatoms. The molecule has 1 saturated heterocycles. The maximum Gasteiger partial charge on any atom is 0.123 e. The van der Waals surface area contributed by atoms with Gasteiger partial charge in [-0.1, -0.05) is 0 Å². The van der Waals surface area contributed by atoms with E-state index in [2.05, 4.69) is 4.90 Å². The van der Waals surface area contributed by atoms with E-state index in [1.165, 1.54) is 0 Å². The minimum absolute atomic E-state index is 0.261. The zero-order valence-corrected chi connectivity index (χ0v) is 10.9. The fourth-order valence-corrected chi connectivity index (χ4v) is 2.49. The third kappa shape index (κ3) is 3.07. The van der Waals surface area contributed by atoms with Gasteiger partial charge in [-0.2, -0.15) is 0 Å². The number of anilines is 2. The Morgan fingerprint density at radius 1 is 1.44 bits per heavy atom. The van der Waals surface area contributed by atoms with Crippen LogP contribution >= 0.6 is 0 Å². The molecule has 0 radical (unpaired) electrons. The SMILES string of the molecule is CCOc1cc(N)cc(N2CCCC(CO)C2)c1. The van der Waals surface area contributed by atoms with Crippen LogP contribution in [0.3, 0.4) is 0 Å². The maximum absolute atomic E-state index is 9.27. The highest BCUT2D eigenvalue weighted by Gasteiger charge is 2.20. The Labute approximate surface area is 108 Å². The lowest BCUT2D eigenvalue weighted by Crippen LogP contribution is -2.36. The highest BCUT2D eigenvalue weighted by atomic mass is 16.5. The first-order valence-electron chi connectivity index (χ1n) is 6.62. The van der Waals surface area contributed by atoms with Gasteiger partial charge in [-0.05, 0) is 31.7 Å². The van der Waals surface area contributed by atoms with Crippen LogP contribution < -0.4 is 15.4 Å². The van der Waals surface area contributed by atoms with E-state index >= 15 is 0 Å². The molecule has 0 bridgehead atoms. The summed E-state index contributed by atoms with van der Waals surface area (Å²) in [7, 11) is 0. The van der Waals surface area contributed by atoms with Gasteiger partial charge in [0.15, 0.2) is 0 Å². The van der Waals surface area contributed by atoms with Crippen molar-refractivity contribution < 1.29 is 9.84 Å². The molecule has 1 unspecified atom stereocenters. The first-order valence-corrected chi connectivity index (χ1v) is 6.62. The third-order valence-corrected chi connectivity index (χ3v) is 3.37. The molecule has 0 saturated carbocycles. The molecule has 4 nitrogen and oxygen atoms in total. The number of nitrogens with zero attached hydrogens (tertiary/aromatic N) is 1. The molecule has 1 aromatic rings. The van der Waals surface area contributed by atoms with Gasteiger partial charge in [0.1, 0.15) is 5.75 Å². The van der Waals surface area contributed by atoms with Crippen LogP contribution in [0.1, 0.15) is 19.8 Å². The summed E-state index contributed by atoms with van der Waals surface area (Å²) in [6.45, 7) is 4.78. The lowest BCUT2D eigenvalue weighted by molar-refractivity contribution is 0.208. The topological polar surface area (TPSA) is 58.7 Å². The van der Waals surface area contributed by atoms with Gasteiger partial charge in [-0.25, -0.2) is 0 Å². The zero-order valence-electron chi connectivity index (χ0n) is 10.9. The molecule has 0 amide bonds. The van der Waals surface area contributed by atoms with Crippen LogP contribution in [0.15, 0.2) is 18.2 Å². The van der Waals surface area contributed by atoms with E-state index < -0.39 is 0 Å². The van der Waals surface area contributed by atoms with Crippen molar-refractivity contribution in [1.82, 2.24) is 0 Å². The van der Waals surface area contributed by atoms with Crippen LogP contribution in [0.25, 0.3) is 0 Å². The summed E-state index contributed by atoms with van der Waals surface area (Å²) in [5.41, 5.74) is 7.73. The predicted octanol–water partition coefficient (Wildman–Crippen LogP) is 1.88. The van der Waals surface area contributed by atoms with Gasteiger partial charge in [-0.15, -0.1) is 0 Å². The van der Waals surface area contributed by atoms with Crippen LogP contribution in [-0.4, -0.2) is 31.4 Å². The summed E-state index contributed by atoms with van der Waals surface area (Å²) >= 11 is 0. The van der Waals surface area contributed by atoms with E-state index in [9.17, 15) is 5.11 Å². The minimum atomic E-state index is 0.261. The lowest BCUT2D eigenvalue weighted by atomic mass is 9.98. The van der Waals surface area contributed by atoms with Crippen molar-refractivity contribution in [1.29, 1.82) is 0 Å². The molecule has 1 fully saturated rings. The van der Waals surface area contributed by atoms with Crippen molar-refractivity contribution in [3.05, 3.63) is 18.2 Å². The van der Waals surface area contributed by atoms with Gasteiger partial charge in [-0.3, -0.25) is 0 Å². The average Bonchev–Trinajstić information content (AvgIpc) is 2.38. The van der Waals surface area contributed by atoms with Gasteiger partial charge in [0, 0.05) is 43.2 Å². The Bertz CT molecular complexity index is 395. The Balaban J connectivity index is 2.16. The molecule has 1 atom stereocenters. The number of rotatable bonds is 4. The van der Waals surface area contributed by atoms with E-state index in [1.807, 2.05) is 25.1 Å². The highest BCUT2D eigenvalue weighted by Crippen LogP contribution is 2.29. The van der Waals surface area contributed by atoms with Gasteiger partial charge >= 0.3 is 0 Å².